The minimum Gasteiger partial charge on any atom is -0.497 e. The number of aromatic carboxylic acids is 1. The number of nitrogens with one attached hydrogen (secondary N) is 1. The van der Waals surface area contributed by atoms with Gasteiger partial charge in [-0.2, -0.15) is 0 Å². The van der Waals surface area contributed by atoms with E-state index >= 15 is 0 Å². The van der Waals surface area contributed by atoms with Crippen LogP contribution in [0.15, 0.2) is 36.4 Å². The molecular weight excluding hydrogens is 330 g/mol. The summed E-state index contributed by atoms with van der Waals surface area (Å²) >= 11 is 1.16. The van der Waals surface area contributed by atoms with Crippen LogP contribution in [0.1, 0.15) is 27.4 Å². The number of methoxy groups -OCH3 is 1. The molecule has 0 aliphatic rings. The first-order valence-electron chi connectivity index (χ1n) is 7.44. The second-order valence-electron chi connectivity index (χ2n) is 4.98. The van der Waals surface area contributed by atoms with Crippen LogP contribution in [0, 0.1) is 0 Å². The second kappa shape index (κ2) is 8.93. The highest BCUT2D eigenvalue weighted by Crippen LogP contribution is 2.17. The summed E-state index contributed by atoms with van der Waals surface area (Å²) < 4.78 is 10.6. The monoisotopic (exact) mass is 349 g/mol. The molecule has 24 heavy (non-hydrogen) atoms. The molecule has 0 aliphatic carbocycles. The van der Waals surface area contributed by atoms with Gasteiger partial charge in [0.15, 0.2) is 0 Å². The van der Waals surface area contributed by atoms with Crippen LogP contribution >= 0.6 is 11.3 Å². The highest BCUT2D eigenvalue weighted by Gasteiger charge is 2.08. The molecule has 1 amide bonds. The SMILES string of the molecule is COc1ccc(OCCCC(=O)NCc2ccc(C(=O)O)s2)cc1. The van der Waals surface area contributed by atoms with Crippen LogP contribution in [0.3, 0.4) is 0 Å². The zero-order valence-electron chi connectivity index (χ0n) is 13.3. The smallest absolute Gasteiger partial charge is 0.345 e. The van der Waals surface area contributed by atoms with E-state index < -0.39 is 5.97 Å². The first kappa shape index (κ1) is 17.8. The molecule has 1 aromatic carbocycles. The summed E-state index contributed by atoms with van der Waals surface area (Å²) in [6, 6.07) is 10.5. The summed E-state index contributed by atoms with van der Waals surface area (Å²) in [6.45, 7) is 0.790. The summed E-state index contributed by atoms with van der Waals surface area (Å²) in [7, 11) is 1.60. The molecule has 0 saturated heterocycles. The normalized spacial score (nSPS) is 10.2. The maximum Gasteiger partial charge on any atom is 0.345 e. The maximum absolute atomic E-state index is 11.8. The van der Waals surface area contributed by atoms with Crippen LogP contribution in [0.4, 0.5) is 0 Å². The lowest BCUT2D eigenvalue weighted by Gasteiger charge is -2.07. The van der Waals surface area contributed by atoms with E-state index in [2.05, 4.69) is 5.32 Å². The van der Waals surface area contributed by atoms with Crippen molar-refractivity contribution in [3.8, 4) is 11.5 Å². The van der Waals surface area contributed by atoms with E-state index in [1.807, 2.05) is 24.3 Å². The molecule has 0 radical (unpaired) electrons. The van der Waals surface area contributed by atoms with Crippen molar-refractivity contribution in [2.45, 2.75) is 19.4 Å². The summed E-state index contributed by atoms with van der Waals surface area (Å²) in [5, 5.41) is 11.6. The largest absolute Gasteiger partial charge is 0.497 e. The Morgan fingerprint density at radius 2 is 1.83 bits per heavy atom. The molecule has 0 bridgehead atoms. The van der Waals surface area contributed by atoms with Crippen LogP contribution in [0.2, 0.25) is 0 Å². The molecule has 0 atom stereocenters. The molecule has 0 unspecified atom stereocenters. The fourth-order valence-corrected chi connectivity index (χ4v) is 2.74. The first-order valence-corrected chi connectivity index (χ1v) is 8.25. The number of rotatable bonds is 9. The van der Waals surface area contributed by atoms with Gasteiger partial charge in [0.25, 0.3) is 0 Å². The topological polar surface area (TPSA) is 84.9 Å². The van der Waals surface area contributed by atoms with Gasteiger partial charge in [0.2, 0.25) is 5.91 Å². The van der Waals surface area contributed by atoms with Crippen molar-refractivity contribution in [2.75, 3.05) is 13.7 Å². The Balaban J connectivity index is 1.62. The highest BCUT2D eigenvalue weighted by atomic mass is 32.1. The van der Waals surface area contributed by atoms with Crippen LogP contribution in [0.5, 0.6) is 11.5 Å². The molecule has 1 heterocycles. The highest BCUT2D eigenvalue weighted by molar-refractivity contribution is 7.13. The van der Waals surface area contributed by atoms with E-state index in [1.54, 1.807) is 13.2 Å². The average Bonchev–Trinajstić information content (AvgIpc) is 3.07. The number of amides is 1. The van der Waals surface area contributed by atoms with Crippen LogP contribution < -0.4 is 14.8 Å². The van der Waals surface area contributed by atoms with Crippen molar-refractivity contribution >= 4 is 23.2 Å². The van der Waals surface area contributed by atoms with Crippen LogP contribution in [0.25, 0.3) is 0 Å². The van der Waals surface area contributed by atoms with Gasteiger partial charge in [-0.3, -0.25) is 4.79 Å². The number of carboxylic acid groups (broad SMARTS) is 1. The number of benzene rings is 1. The average molecular weight is 349 g/mol. The Bertz CT molecular complexity index is 681. The molecular formula is C17H19NO5S. The number of carboxylic acids is 1. The van der Waals surface area contributed by atoms with Crippen molar-refractivity contribution < 1.29 is 24.2 Å². The standard InChI is InChI=1S/C17H19NO5S/c1-22-12-4-6-13(7-5-12)23-10-2-3-16(19)18-11-14-8-9-15(24-14)17(20)21/h4-9H,2-3,10-11H2,1H3,(H,18,19)(H,20,21). The number of hydrogen-bond donors (Lipinski definition) is 2. The molecule has 2 N–H and O–H groups in total. The zero-order chi connectivity index (χ0) is 17.4. The molecule has 0 fully saturated rings. The Morgan fingerprint density at radius 3 is 2.46 bits per heavy atom. The van der Waals surface area contributed by atoms with Gasteiger partial charge >= 0.3 is 5.97 Å². The third-order valence-corrected chi connectivity index (χ3v) is 4.28. The van der Waals surface area contributed by atoms with Gasteiger partial charge in [-0.25, -0.2) is 4.79 Å². The van der Waals surface area contributed by atoms with Gasteiger partial charge in [0.05, 0.1) is 20.3 Å². The molecule has 2 aromatic rings. The minimum absolute atomic E-state index is 0.0846. The fraction of sp³-hybridized carbons (Fsp3) is 0.294. The first-order chi connectivity index (χ1) is 11.6. The molecule has 0 saturated carbocycles. The van der Waals surface area contributed by atoms with E-state index in [-0.39, 0.29) is 10.8 Å². The number of hydrogen-bond acceptors (Lipinski definition) is 5. The zero-order valence-corrected chi connectivity index (χ0v) is 14.1. The molecule has 7 heteroatoms. The quantitative estimate of drug-likeness (QED) is 0.680. The van der Waals surface area contributed by atoms with E-state index in [0.717, 1.165) is 27.7 Å². The molecule has 0 spiro atoms. The Kier molecular flexibility index (Phi) is 6.62. The summed E-state index contributed by atoms with van der Waals surface area (Å²) in [6.07, 6.45) is 0.954. The lowest BCUT2D eigenvalue weighted by Crippen LogP contribution is -2.22. The van der Waals surface area contributed by atoms with Gasteiger partial charge in [-0.05, 0) is 42.8 Å². The van der Waals surface area contributed by atoms with Gasteiger partial charge in [0, 0.05) is 11.3 Å². The molecule has 128 valence electrons. The van der Waals surface area contributed by atoms with Crippen molar-refractivity contribution in [3.05, 3.63) is 46.2 Å². The molecule has 2 rings (SSSR count). The maximum atomic E-state index is 11.8. The lowest BCUT2D eigenvalue weighted by molar-refractivity contribution is -0.121. The fourth-order valence-electron chi connectivity index (χ4n) is 1.96. The number of carbonyl (C=O) groups is 2. The van der Waals surface area contributed by atoms with Crippen LogP contribution in [-0.4, -0.2) is 30.7 Å². The van der Waals surface area contributed by atoms with Gasteiger partial charge in [-0.15, -0.1) is 11.3 Å². The van der Waals surface area contributed by atoms with Crippen molar-refractivity contribution in [3.63, 3.8) is 0 Å². The summed E-state index contributed by atoms with van der Waals surface area (Å²) in [5.41, 5.74) is 0. The van der Waals surface area contributed by atoms with Crippen molar-refractivity contribution in [2.24, 2.45) is 0 Å². The molecule has 0 aliphatic heterocycles. The Hall–Kier alpha value is -2.54. The van der Waals surface area contributed by atoms with Crippen LogP contribution in [-0.2, 0) is 11.3 Å². The number of carbonyl (C=O) groups excluding carboxylic acids is 1. The van der Waals surface area contributed by atoms with Gasteiger partial charge < -0.3 is 19.9 Å². The number of thiophene rings is 1. The van der Waals surface area contributed by atoms with Gasteiger partial charge in [-0.1, -0.05) is 0 Å². The second-order valence-corrected chi connectivity index (χ2v) is 6.14. The third-order valence-electron chi connectivity index (χ3n) is 3.21. The summed E-state index contributed by atoms with van der Waals surface area (Å²) in [5.74, 6) is 0.462. The lowest BCUT2D eigenvalue weighted by atomic mass is 10.3. The van der Waals surface area contributed by atoms with E-state index in [0.29, 0.717) is 26.0 Å². The van der Waals surface area contributed by atoms with Crippen molar-refractivity contribution in [1.29, 1.82) is 0 Å². The van der Waals surface area contributed by atoms with E-state index in [4.69, 9.17) is 14.6 Å². The van der Waals surface area contributed by atoms with E-state index in [9.17, 15) is 9.59 Å². The Labute approximate surface area is 144 Å². The molecule has 6 nitrogen and oxygen atoms in total. The van der Waals surface area contributed by atoms with Gasteiger partial charge in [0.1, 0.15) is 16.4 Å². The molecule has 1 aromatic heterocycles. The predicted molar refractivity (Wildman–Crippen MR) is 90.8 cm³/mol. The minimum atomic E-state index is -0.951. The van der Waals surface area contributed by atoms with E-state index in [1.165, 1.54) is 6.07 Å². The Morgan fingerprint density at radius 1 is 1.12 bits per heavy atom. The third kappa shape index (κ3) is 5.58. The predicted octanol–water partition coefficient (Wildman–Crippen LogP) is 2.93. The number of ether oxygens (including phenoxy) is 2. The van der Waals surface area contributed by atoms with Crippen molar-refractivity contribution in [1.82, 2.24) is 5.32 Å². The summed E-state index contributed by atoms with van der Waals surface area (Å²) in [4.78, 5) is 23.6.